The summed E-state index contributed by atoms with van der Waals surface area (Å²) in [7, 11) is 1.60. The zero-order chi connectivity index (χ0) is 18.6. The number of amides is 1. The van der Waals surface area contributed by atoms with Gasteiger partial charge in [0.2, 0.25) is 0 Å². The minimum Gasteiger partial charge on any atom is -0.496 e. The predicted molar refractivity (Wildman–Crippen MR) is 102 cm³/mol. The van der Waals surface area contributed by atoms with Crippen molar-refractivity contribution in [3.63, 3.8) is 0 Å². The molecule has 138 valence electrons. The molecule has 4 rings (SSSR count). The molecule has 1 fully saturated rings. The van der Waals surface area contributed by atoms with E-state index in [0.29, 0.717) is 23.0 Å². The largest absolute Gasteiger partial charge is 0.496 e. The number of aromatic nitrogens is 4. The Morgan fingerprint density at radius 3 is 2.81 bits per heavy atom. The highest BCUT2D eigenvalue weighted by molar-refractivity contribution is 6.03. The molecule has 0 unspecified atom stereocenters. The Hall–Kier alpha value is -3.42. The van der Waals surface area contributed by atoms with Crippen molar-refractivity contribution in [3.8, 4) is 17.0 Å². The van der Waals surface area contributed by atoms with E-state index in [9.17, 15) is 4.79 Å². The number of carbonyl (C=O) groups is 1. The molecule has 0 saturated carbocycles. The van der Waals surface area contributed by atoms with Crippen molar-refractivity contribution in [2.45, 2.75) is 12.8 Å². The lowest BCUT2D eigenvalue weighted by atomic mass is 10.1. The van der Waals surface area contributed by atoms with Gasteiger partial charge in [0.15, 0.2) is 0 Å². The molecule has 0 radical (unpaired) electrons. The molecule has 1 aliphatic rings. The van der Waals surface area contributed by atoms with Crippen LogP contribution in [0.4, 0.5) is 11.6 Å². The molecule has 0 aliphatic carbocycles. The Morgan fingerprint density at radius 2 is 2.00 bits per heavy atom. The number of para-hydroxylation sites is 1. The molecule has 1 aromatic carbocycles. The summed E-state index contributed by atoms with van der Waals surface area (Å²) in [6.45, 7) is 1.96. The zero-order valence-electron chi connectivity index (χ0n) is 15.0. The number of rotatable bonds is 5. The maximum absolute atomic E-state index is 12.6. The molecule has 2 aromatic heterocycles. The fourth-order valence-electron chi connectivity index (χ4n) is 3.15. The number of carbonyl (C=O) groups excluding carboxylic acids is 1. The zero-order valence-corrected chi connectivity index (χ0v) is 15.0. The first-order chi connectivity index (χ1) is 13.2. The number of nitrogens with one attached hydrogen (secondary N) is 2. The van der Waals surface area contributed by atoms with Gasteiger partial charge >= 0.3 is 0 Å². The average molecular weight is 364 g/mol. The second-order valence-electron chi connectivity index (χ2n) is 6.28. The fourth-order valence-corrected chi connectivity index (χ4v) is 3.15. The molecule has 1 saturated heterocycles. The third-order valence-electron chi connectivity index (χ3n) is 4.53. The summed E-state index contributed by atoms with van der Waals surface area (Å²) in [6.07, 6.45) is 3.79. The summed E-state index contributed by atoms with van der Waals surface area (Å²) >= 11 is 0. The van der Waals surface area contributed by atoms with Crippen LogP contribution in [-0.2, 0) is 0 Å². The van der Waals surface area contributed by atoms with Gasteiger partial charge in [0.05, 0.1) is 12.8 Å². The maximum Gasteiger partial charge on any atom is 0.274 e. The van der Waals surface area contributed by atoms with Gasteiger partial charge in [-0.15, -0.1) is 0 Å². The molecule has 8 nitrogen and oxygen atoms in total. The second kappa shape index (κ2) is 7.45. The van der Waals surface area contributed by atoms with Crippen LogP contribution in [0.5, 0.6) is 5.75 Å². The normalized spacial score (nSPS) is 13.6. The summed E-state index contributed by atoms with van der Waals surface area (Å²) in [5.74, 6) is 1.68. The SMILES string of the molecule is COc1ccccc1-c1cc(C(=O)Nc2cc(N3CCCC3)ncn2)[nH]n1. The Bertz CT molecular complexity index is 949. The molecule has 1 aliphatic heterocycles. The molecule has 8 heteroatoms. The van der Waals surface area contributed by atoms with E-state index in [1.807, 2.05) is 24.3 Å². The summed E-state index contributed by atoms with van der Waals surface area (Å²) in [5.41, 5.74) is 1.80. The fraction of sp³-hybridized carbons (Fsp3) is 0.263. The van der Waals surface area contributed by atoms with Crippen LogP contribution in [0.1, 0.15) is 23.3 Å². The topological polar surface area (TPSA) is 96.0 Å². The Labute approximate surface area is 156 Å². The molecule has 0 atom stereocenters. The predicted octanol–water partition coefficient (Wildman–Crippen LogP) is 2.73. The Kier molecular flexibility index (Phi) is 4.69. The highest BCUT2D eigenvalue weighted by Gasteiger charge is 2.17. The van der Waals surface area contributed by atoms with Crippen molar-refractivity contribution in [1.82, 2.24) is 20.2 Å². The van der Waals surface area contributed by atoms with E-state index in [4.69, 9.17) is 4.74 Å². The number of anilines is 2. The number of H-pyrrole nitrogens is 1. The van der Waals surface area contributed by atoms with Crippen LogP contribution in [-0.4, -0.2) is 46.3 Å². The quantitative estimate of drug-likeness (QED) is 0.723. The van der Waals surface area contributed by atoms with E-state index in [2.05, 4.69) is 30.4 Å². The molecular weight excluding hydrogens is 344 g/mol. The number of hydrogen-bond donors (Lipinski definition) is 2. The van der Waals surface area contributed by atoms with E-state index >= 15 is 0 Å². The van der Waals surface area contributed by atoms with Gasteiger partial charge in [-0.3, -0.25) is 9.89 Å². The summed E-state index contributed by atoms with van der Waals surface area (Å²) < 4.78 is 5.35. The van der Waals surface area contributed by atoms with Crippen LogP contribution in [0.25, 0.3) is 11.3 Å². The number of aromatic amines is 1. The summed E-state index contributed by atoms with van der Waals surface area (Å²) in [5, 5.41) is 9.80. The number of benzene rings is 1. The van der Waals surface area contributed by atoms with Crippen LogP contribution in [0.2, 0.25) is 0 Å². The van der Waals surface area contributed by atoms with Crippen molar-refractivity contribution in [2.24, 2.45) is 0 Å². The van der Waals surface area contributed by atoms with E-state index < -0.39 is 0 Å². The molecule has 0 bridgehead atoms. The van der Waals surface area contributed by atoms with Crippen molar-refractivity contribution >= 4 is 17.5 Å². The van der Waals surface area contributed by atoms with Crippen LogP contribution < -0.4 is 15.0 Å². The maximum atomic E-state index is 12.6. The lowest BCUT2D eigenvalue weighted by molar-refractivity contribution is 0.102. The van der Waals surface area contributed by atoms with E-state index in [0.717, 1.165) is 37.3 Å². The molecule has 1 amide bonds. The van der Waals surface area contributed by atoms with Crippen LogP contribution in [0.15, 0.2) is 42.7 Å². The summed E-state index contributed by atoms with van der Waals surface area (Å²) in [4.78, 5) is 23.2. The first-order valence-corrected chi connectivity index (χ1v) is 8.82. The van der Waals surface area contributed by atoms with E-state index in [-0.39, 0.29) is 5.91 Å². The number of methoxy groups -OCH3 is 1. The molecule has 3 heterocycles. The van der Waals surface area contributed by atoms with E-state index in [1.165, 1.54) is 6.33 Å². The smallest absolute Gasteiger partial charge is 0.274 e. The van der Waals surface area contributed by atoms with Gasteiger partial charge in [-0.2, -0.15) is 5.10 Å². The monoisotopic (exact) mass is 364 g/mol. The Balaban J connectivity index is 1.51. The minimum absolute atomic E-state index is 0.310. The van der Waals surface area contributed by atoms with Crippen molar-refractivity contribution in [3.05, 3.63) is 48.4 Å². The highest BCUT2D eigenvalue weighted by Crippen LogP contribution is 2.28. The van der Waals surface area contributed by atoms with Gasteiger partial charge < -0.3 is 15.0 Å². The molecule has 3 aromatic rings. The first-order valence-electron chi connectivity index (χ1n) is 8.82. The highest BCUT2D eigenvalue weighted by atomic mass is 16.5. The number of hydrogen-bond acceptors (Lipinski definition) is 6. The van der Waals surface area contributed by atoms with Gasteiger partial charge in [-0.25, -0.2) is 9.97 Å². The van der Waals surface area contributed by atoms with Crippen LogP contribution >= 0.6 is 0 Å². The van der Waals surface area contributed by atoms with Gasteiger partial charge in [-0.05, 0) is 31.0 Å². The third-order valence-corrected chi connectivity index (χ3v) is 4.53. The lowest BCUT2D eigenvalue weighted by Crippen LogP contribution is -2.20. The minimum atomic E-state index is -0.310. The number of ether oxygens (including phenoxy) is 1. The number of nitrogens with zero attached hydrogens (tertiary/aromatic N) is 4. The second-order valence-corrected chi connectivity index (χ2v) is 6.28. The van der Waals surface area contributed by atoms with Crippen LogP contribution in [0, 0.1) is 0 Å². The van der Waals surface area contributed by atoms with Gasteiger partial charge in [0.25, 0.3) is 5.91 Å². The van der Waals surface area contributed by atoms with Gasteiger partial charge in [0.1, 0.15) is 29.4 Å². The Morgan fingerprint density at radius 1 is 1.19 bits per heavy atom. The van der Waals surface area contributed by atoms with Crippen molar-refractivity contribution in [2.75, 3.05) is 30.4 Å². The van der Waals surface area contributed by atoms with Crippen LogP contribution in [0.3, 0.4) is 0 Å². The lowest BCUT2D eigenvalue weighted by Gasteiger charge is -2.16. The standard InChI is InChI=1S/C19H20N6O2/c1-27-16-7-3-2-6-13(16)14-10-15(24-23-14)19(26)22-17-11-18(21-12-20-17)25-8-4-5-9-25/h2-3,6-7,10-12H,4-5,8-9H2,1H3,(H,23,24)(H,20,21,22,26). The molecule has 2 N–H and O–H groups in total. The first kappa shape index (κ1) is 17.0. The summed E-state index contributed by atoms with van der Waals surface area (Å²) in [6, 6.07) is 11.0. The van der Waals surface area contributed by atoms with Gasteiger partial charge in [0, 0.05) is 24.7 Å². The van der Waals surface area contributed by atoms with Gasteiger partial charge in [-0.1, -0.05) is 12.1 Å². The molecular formula is C19H20N6O2. The molecule has 0 spiro atoms. The van der Waals surface area contributed by atoms with Crippen molar-refractivity contribution in [1.29, 1.82) is 0 Å². The average Bonchev–Trinajstić information content (AvgIpc) is 3.40. The third kappa shape index (κ3) is 3.59. The molecule has 27 heavy (non-hydrogen) atoms. The van der Waals surface area contributed by atoms with E-state index in [1.54, 1.807) is 19.2 Å². The van der Waals surface area contributed by atoms with Crippen molar-refractivity contribution < 1.29 is 9.53 Å².